The van der Waals surface area contributed by atoms with Crippen LogP contribution in [-0.2, 0) is 5.75 Å². The molecule has 0 amide bonds. The van der Waals surface area contributed by atoms with E-state index in [4.69, 9.17) is 0 Å². The fourth-order valence-electron chi connectivity index (χ4n) is 2.00. The van der Waals surface area contributed by atoms with E-state index in [1.54, 1.807) is 11.8 Å². The molecule has 0 saturated carbocycles. The third-order valence-corrected chi connectivity index (χ3v) is 4.59. The van der Waals surface area contributed by atoms with E-state index in [1.807, 2.05) is 24.3 Å². The molecule has 21 heavy (non-hydrogen) atoms. The molecule has 0 aliphatic rings. The van der Waals surface area contributed by atoms with Gasteiger partial charge in [-0.25, -0.2) is 4.98 Å². The van der Waals surface area contributed by atoms with E-state index >= 15 is 0 Å². The molecule has 0 atom stereocenters. The van der Waals surface area contributed by atoms with E-state index in [-0.39, 0.29) is 0 Å². The van der Waals surface area contributed by atoms with Gasteiger partial charge in [0.1, 0.15) is 0 Å². The third kappa shape index (κ3) is 3.54. The van der Waals surface area contributed by atoms with Crippen molar-refractivity contribution in [3.05, 3.63) is 64.1 Å². The maximum absolute atomic E-state index is 4.56. The average molecular weight is 360 g/mol. The predicted octanol–water partition coefficient (Wildman–Crippen LogP) is 4.83. The summed E-state index contributed by atoms with van der Waals surface area (Å²) in [6.07, 6.45) is 0. The van der Waals surface area contributed by atoms with Crippen molar-refractivity contribution in [2.75, 3.05) is 0 Å². The van der Waals surface area contributed by atoms with E-state index < -0.39 is 0 Å². The molecular formula is C16H14BrN3S. The Kier molecular flexibility index (Phi) is 4.41. The molecule has 3 nitrogen and oxygen atoms in total. The van der Waals surface area contributed by atoms with Gasteiger partial charge in [-0.15, -0.1) is 5.10 Å². The maximum atomic E-state index is 4.56. The molecule has 0 bridgehead atoms. The summed E-state index contributed by atoms with van der Waals surface area (Å²) in [5.41, 5.74) is 3.55. The molecule has 0 aliphatic carbocycles. The van der Waals surface area contributed by atoms with Crippen LogP contribution >= 0.6 is 27.7 Å². The SMILES string of the molecule is Cc1ccccc1-c1nc(SCc2ccc(Br)cc2)n[nH]1. The highest BCUT2D eigenvalue weighted by Gasteiger charge is 2.08. The number of aryl methyl sites for hydroxylation is 1. The molecule has 0 unspecified atom stereocenters. The van der Waals surface area contributed by atoms with E-state index in [0.29, 0.717) is 0 Å². The Labute approximate surface area is 136 Å². The predicted molar refractivity (Wildman–Crippen MR) is 90.3 cm³/mol. The number of nitrogens with zero attached hydrogens (tertiary/aromatic N) is 2. The number of nitrogens with one attached hydrogen (secondary N) is 1. The second kappa shape index (κ2) is 6.45. The number of rotatable bonds is 4. The van der Waals surface area contributed by atoms with Crippen LogP contribution in [0.15, 0.2) is 58.2 Å². The summed E-state index contributed by atoms with van der Waals surface area (Å²) in [5.74, 6) is 1.68. The summed E-state index contributed by atoms with van der Waals surface area (Å²) in [7, 11) is 0. The fourth-order valence-corrected chi connectivity index (χ4v) is 3.02. The van der Waals surface area contributed by atoms with Gasteiger partial charge in [-0.05, 0) is 30.2 Å². The Hall–Kier alpha value is -1.59. The zero-order valence-corrected chi connectivity index (χ0v) is 13.9. The van der Waals surface area contributed by atoms with Crippen molar-refractivity contribution in [2.45, 2.75) is 17.8 Å². The van der Waals surface area contributed by atoms with Crippen molar-refractivity contribution in [2.24, 2.45) is 0 Å². The van der Waals surface area contributed by atoms with E-state index in [9.17, 15) is 0 Å². The van der Waals surface area contributed by atoms with Gasteiger partial charge in [0.15, 0.2) is 5.82 Å². The molecule has 1 heterocycles. The molecule has 3 rings (SSSR count). The first kappa shape index (κ1) is 14.4. The number of hydrogen-bond acceptors (Lipinski definition) is 3. The lowest BCUT2D eigenvalue weighted by Gasteiger charge is -2.00. The van der Waals surface area contributed by atoms with Gasteiger partial charge in [0.05, 0.1) is 0 Å². The monoisotopic (exact) mass is 359 g/mol. The van der Waals surface area contributed by atoms with Gasteiger partial charge in [-0.1, -0.05) is 64.1 Å². The summed E-state index contributed by atoms with van der Waals surface area (Å²) < 4.78 is 1.09. The van der Waals surface area contributed by atoms with Crippen molar-refractivity contribution >= 4 is 27.7 Å². The molecule has 1 N–H and O–H groups in total. The number of H-pyrrole nitrogens is 1. The van der Waals surface area contributed by atoms with Crippen LogP contribution in [0.2, 0.25) is 0 Å². The van der Waals surface area contributed by atoms with E-state index in [1.165, 1.54) is 11.1 Å². The quantitative estimate of drug-likeness (QED) is 0.678. The molecular weight excluding hydrogens is 346 g/mol. The largest absolute Gasteiger partial charge is 0.258 e. The second-order valence-corrected chi connectivity index (χ2v) is 6.55. The standard InChI is InChI=1S/C16H14BrN3S/c1-11-4-2-3-5-14(11)15-18-16(20-19-15)21-10-12-6-8-13(17)9-7-12/h2-9H,10H2,1H3,(H,18,19,20). The summed E-state index contributed by atoms with van der Waals surface area (Å²) >= 11 is 5.07. The van der Waals surface area contributed by atoms with Crippen molar-refractivity contribution in [1.29, 1.82) is 0 Å². The minimum absolute atomic E-state index is 0.774. The van der Waals surface area contributed by atoms with Crippen LogP contribution in [0.4, 0.5) is 0 Å². The summed E-state index contributed by atoms with van der Waals surface area (Å²) in [6, 6.07) is 16.5. The molecule has 2 aromatic carbocycles. The Morgan fingerprint density at radius 3 is 2.62 bits per heavy atom. The molecule has 0 fully saturated rings. The molecule has 5 heteroatoms. The number of hydrogen-bond donors (Lipinski definition) is 1. The lowest BCUT2D eigenvalue weighted by molar-refractivity contribution is 0.973. The van der Waals surface area contributed by atoms with Gasteiger partial charge in [0, 0.05) is 15.8 Å². The summed E-state index contributed by atoms with van der Waals surface area (Å²) in [6.45, 7) is 2.08. The maximum Gasteiger partial charge on any atom is 0.209 e. The minimum Gasteiger partial charge on any atom is -0.258 e. The normalized spacial score (nSPS) is 10.8. The van der Waals surface area contributed by atoms with Gasteiger partial charge in [-0.2, -0.15) is 0 Å². The van der Waals surface area contributed by atoms with Crippen LogP contribution in [0.25, 0.3) is 11.4 Å². The fraction of sp³-hybridized carbons (Fsp3) is 0.125. The minimum atomic E-state index is 0.774. The summed E-state index contributed by atoms with van der Waals surface area (Å²) in [5, 5.41) is 8.08. The first-order valence-corrected chi connectivity index (χ1v) is 8.36. The third-order valence-electron chi connectivity index (χ3n) is 3.15. The first-order valence-electron chi connectivity index (χ1n) is 6.58. The van der Waals surface area contributed by atoms with Gasteiger partial charge >= 0.3 is 0 Å². The van der Waals surface area contributed by atoms with Gasteiger partial charge in [0.25, 0.3) is 0 Å². The number of thioether (sulfide) groups is 1. The van der Waals surface area contributed by atoms with Crippen molar-refractivity contribution in [1.82, 2.24) is 15.2 Å². The smallest absolute Gasteiger partial charge is 0.209 e. The molecule has 106 valence electrons. The summed E-state index contributed by atoms with van der Waals surface area (Å²) in [4.78, 5) is 4.56. The van der Waals surface area contributed by atoms with Gasteiger partial charge in [0.2, 0.25) is 5.16 Å². The molecule has 0 radical (unpaired) electrons. The number of aromatic nitrogens is 3. The highest BCUT2D eigenvalue weighted by molar-refractivity contribution is 9.10. The Morgan fingerprint density at radius 1 is 1.10 bits per heavy atom. The van der Waals surface area contributed by atoms with Crippen LogP contribution in [0.5, 0.6) is 0 Å². The van der Waals surface area contributed by atoms with Gasteiger partial charge < -0.3 is 0 Å². The second-order valence-electron chi connectivity index (χ2n) is 4.70. The molecule has 3 aromatic rings. The van der Waals surface area contributed by atoms with E-state index in [2.05, 4.69) is 62.3 Å². The lowest BCUT2D eigenvalue weighted by atomic mass is 10.1. The number of benzene rings is 2. The van der Waals surface area contributed by atoms with Gasteiger partial charge in [-0.3, -0.25) is 5.10 Å². The van der Waals surface area contributed by atoms with Crippen LogP contribution in [0.3, 0.4) is 0 Å². The average Bonchev–Trinajstić information content (AvgIpc) is 2.96. The van der Waals surface area contributed by atoms with Crippen LogP contribution < -0.4 is 0 Å². The number of aromatic amines is 1. The van der Waals surface area contributed by atoms with Crippen LogP contribution in [-0.4, -0.2) is 15.2 Å². The van der Waals surface area contributed by atoms with Crippen LogP contribution in [0.1, 0.15) is 11.1 Å². The highest BCUT2D eigenvalue weighted by atomic mass is 79.9. The van der Waals surface area contributed by atoms with Crippen molar-refractivity contribution in [3.63, 3.8) is 0 Å². The lowest BCUT2D eigenvalue weighted by Crippen LogP contribution is -1.84. The van der Waals surface area contributed by atoms with Crippen LogP contribution in [0, 0.1) is 6.92 Å². The zero-order chi connectivity index (χ0) is 14.7. The zero-order valence-electron chi connectivity index (χ0n) is 11.5. The highest BCUT2D eigenvalue weighted by Crippen LogP contribution is 2.24. The number of halogens is 1. The van der Waals surface area contributed by atoms with Crippen molar-refractivity contribution in [3.8, 4) is 11.4 Å². The van der Waals surface area contributed by atoms with Crippen molar-refractivity contribution < 1.29 is 0 Å². The molecule has 0 saturated heterocycles. The topological polar surface area (TPSA) is 41.6 Å². The Morgan fingerprint density at radius 2 is 1.86 bits per heavy atom. The molecule has 0 spiro atoms. The molecule has 1 aromatic heterocycles. The Balaban J connectivity index is 1.71. The molecule has 0 aliphatic heterocycles. The first-order chi connectivity index (χ1) is 10.2. The Bertz CT molecular complexity index is 737. The van der Waals surface area contributed by atoms with E-state index in [0.717, 1.165) is 26.8 Å².